The first-order chi connectivity index (χ1) is 8.68. The van der Waals surface area contributed by atoms with Crippen molar-refractivity contribution in [2.75, 3.05) is 33.0 Å². The molecule has 0 bridgehead atoms. The Bertz CT molecular complexity index is 193. The van der Waals surface area contributed by atoms with E-state index < -0.39 is 6.10 Å². The number of hydrogen-bond donors (Lipinski definition) is 2. The lowest BCUT2D eigenvalue weighted by atomic mass is 10.1. The predicted octanol–water partition coefficient (Wildman–Crippen LogP) is 1.57. The van der Waals surface area contributed by atoms with Crippen molar-refractivity contribution in [3.8, 4) is 0 Å². The third-order valence-electron chi connectivity index (χ3n) is 3.18. The summed E-state index contributed by atoms with van der Waals surface area (Å²) in [5, 5.41) is 13.1. The number of aliphatic hydroxyl groups excluding tert-OH is 1. The van der Waals surface area contributed by atoms with Crippen LogP contribution in [0.4, 0.5) is 0 Å². The van der Waals surface area contributed by atoms with Gasteiger partial charge in [-0.1, -0.05) is 13.8 Å². The summed E-state index contributed by atoms with van der Waals surface area (Å²) in [6, 6.07) is 0.398. The van der Waals surface area contributed by atoms with Crippen molar-refractivity contribution in [2.24, 2.45) is 5.92 Å². The Morgan fingerprint density at radius 1 is 1.44 bits per heavy atom. The summed E-state index contributed by atoms with van der Waals surface area (Å²) >= 11 is 0. The Morgan fingerprint density at radius 2 is 2.28 bits per heavy atom. The molecule has 18 heavy (non-hydrogen) atoms. The van der Waals surface area contributed by atoms with Gasteiger partial charge in [0.15, 0.2) is 0 Å². The van der Waals surface area contributed by atoms with Crippen LogP contribution >= 0.6 is 0 Å². The molecule has 1 aliphatic heterocycles. The van der Waals surface area contributed by atoms with Crippen LogP contribution in [-0.2, 0) is 9.47 Å². The molecule has 1 rings (SSSR count). The average Bonchev–Trinajstić information content (AvgIpc) is 2.37. The highest BCUT2D eigenvalue weighted by molar-refractivity contribution is 4.71. The first-order valence-electron chi connectivity index (χ1n) is 7.25. The number of aliphatic hydroxyl groups is 1. The lowest BCUT2D eigenvalue weighted by molar-refractivity contribution is 0.0252. The molecule has 2 N–H and O–H groups in total. The van der Waals surface area contributed by atoms with Crippen LogP contribution in [0.1, 0.15) is 39.5 Å². The number of ether oxygens (including phenoxy) is 2. The molecule has 4 nitrogen and oxygen atoms in total. The van der Waals surface area contributed by atoms with Gasteiger partial charge in [-0.25, -0.2) is 0 Å². The topological polar surface area (TPSA) is 50.7 Å². The Hall–Kier alpha value is -0.160. The van der Waals surface area contributed by atoms with E-state index in [1.807, 2.05) is 0 Å². The van der Waals surface area contributed by atoms with Gasteiger partial charge in [-0.2, -0.15) is 0 Å². The molecule has 0 amide bonds. The quantitative estimate of drug-likeness (QED) is 0.617. The van der Waals surface area contributed by atoms with Crippen molar-refractivity contribution in [2.45, 2.75) is 51.7 Å². The first-order valence-corrected chi connectivity index (χ1v) is 7.25. The summed E-state index contributed by atoms with van der Waals surface area (Å²) in [5.74, 6) is 0.728. The normalized spacial score (nSPS) is 22.3. The summed E-state index contributed by atoms with van der Waals surface area (Å²) in [7, 11) is 0. The van der Waals surface area contributed by atoms with Crippen LogP contribution in [-0.4, -0.2) is 50.2 Å². The molecule has 0 aromatic rings. The first kappa shape index (κ1) is 15.9. The molecule has 1 saturated heterocycles. The second-order valence-electron chi connectivity index (χ2n) is 5.59. The zero-order valence-corrected chi connectivity index (χ0v) is 11.9. The van der Waals surface area contributed by atoms with Crippen molar-refractivity contribution in [3.63, 3.8) is 0 Å². The third-order valence-corrected chi connectivity index (χ3v) is 3.18. The second kappa shape index (κ2) is 9.73. The third kappa shape index (κ3) is 8.03. The number of nitrogens with one attached hydrogen (secondary N) is 1. The van der Waals surface area contributed by atoms with E-state index in [9.17, 15) is 5.11 Å². The Kier molecular flexibility index (Phi) is 8.59. The fraction of sp³-hybridized carbons (Fsp3) is 1.00. The van der Waals surface area contributed by atoms with Gasteiger partial charge in [0.05, 0.1) is 19.3 Å². The maximum absolute atomic E-state index is 9.76. The minimum atomic E-state index is -0.411. The Morgan fingerprint density at radius 3 is 2.94 bits per heavy atom. The largest absolute Gasteiger partial charge is 0.389 e. The molecule has 0 radical (unpaired) electrons. The van der Waals surface area contributed by atoms with Crippen LogP contribution in [0, 0.1) is 5.92 Å². The molecular formula is C14H29NO3. The molecule has 1 heterocycles. The fourth-order valence-electron chi connectivity index (χ4n) is 2.08. The fourth-order valence-corrected chi connectivity index (χ4v) is 2.08. The summed E-state index contributed by atoms with van der Waals surface area (Å²) in [5.41, 5.74) is 0. The number of hydrogen-bond acceptors (Lipinski definition) is 4. The van der Waals surface area contributed by atoms with Crippen LogP contribution < -0.4 is 5.32 Å². The van der Waals surface area contributed by atoms with Crippen molar-refractivity contribution in [1.29, 1.82) is 0 Å². The zero-order valence-electron chi connectivity index (χ0n) is 11.9. The highest BCUT2D eigenvalue weighted by Gasteiger charge is 2.14. The van der Waals surface area contributed by atoms with E-state index in [1.54, 1.807) is 0 Å². The van der Waals surface area contributed by atoms with Gasteiger partial charge in [0.2, 0.25) is 0 Å². The summed E-state index contributed by atoms with van der Waals surface area (Å²) in [6.45, 7) is 7.84. The molecule has 0 aliphatic carbocycles. The van der Waals surface area contributed by atoms with Crippen molar-refractivity contribution >= 4 is 0 Å². The van der Waals surface area contributed by atoms with Crippen LogP contribution in [0.3, 0.4) is 0 Å². The van der Waals surface area contributed by atoms with Gasteiger partial charge in [-0.15, -0.1) is 0 Å². The predicted molar refractivity (Wildman–Crippen MR) is 72.7 cm³/mol. The van der Waals surface area contributed by atoms with Gasteiger partial charge in [-0.05, 0) is 31.6 Å². The average molecular weight is 259 g/mol. The van der Waals surface area contributed by atoms with Gasteiger partial charge in [0.1, 0.15) is 0 Å². The van der Waals surface area contributed by atoms with Gasteiger partial charge in [-0.3, -0.25) is 0 Å². The van der Waals surface area contributed by atoms with Crippen molar-refractivity contribution in [3.05, 3.63) is 0 Å². The van der Waals surface area contributed by atoms with Crippen molar-refractivity contribution < 1.29 is 14.6 Å². The van der Waals surface area contributed by atoms with Gasteiger partial charge in [0, 0.05) is 25.8 Å². The molecule has 108 valence electrons. The minimum absolute atomic E-state index is 0.398. The smallest absolute Gasteiger partial charge is 0.0897 e. The van der Waals surface area contributed by atoms with E-state index in [1.165, 1.54) is 6.42 Å². The molecular weight excluding hydrogens is 230 g/mol. The van der Waals surface area contributed by atoms with E-state index in [-0.39, 0.29) is 0 Å². The molecule has 2 atom stereocenters. The van der Waals surface area contributed by atoms with Gasteiger partial charge >= 0.3 is 0 Å². The lowest BCUT2D eigenvalue weighted by Gasteiger charge is -2.24. The standard InChI is InChI=1S/C14H29NO3/c1-12(2)5-3-7-18-11-14(16)9-15-13-6-4-8-17-10-13/h12-16H,3-11H2,1-2H3. The highest BCUT2D eigenvalue weighted by atomic mass is 16.5. The summed E-state index contributed by atoms with van der Waals surface area (Å²) in [4.78, 5) is 0. The summed E-state index contributed by atoms with van der Waals surface area (Å²) < 4.78 is 10.8. The monoisotopic (exact) mass is 259 g/mol. The van der Waals surface area contributed by atoms with E-state index in [2.05, 4.69) is 19.2 Å². The van der Waals surface area contributed by atoms with Crippen LogP contribution in [0.25, 0.3) is 0 Å². The highest BCUT2D eigenvalue weighted by Crippen LogP contribution is 2.06. The molecule has 0 aromatic carbocycles. The maximum Gasteiger partial charge on any atom is 0.0897 e. The van der Waals surface area contributed by atoms with Crippen LogP contribution in [0.15, 0.2) is 0 Å². The molecule has 1 fully saturated rings. The van der Waals surface area contributed by atoms with Crippen LogP contribution in [0.2, 0.25) is 0 Å². The second-order valence-corrected chi connectivity index (χ2v) is 5.59. The summed E-state index contributed by atoms with van der Waals surface area (Å²) in [6.07, 6.45) is 4.11. The zero-order chi connectivity index (χ0) is 13.2. The molecule has 4 heteroatoms. The maximum atomic E-state index is 9.76. The molecule has 1 aliphatic rings. The molecule has 0 spiro atoms. The number of rotatable bonds is 9. The van der Waals surface area contributed by atoms with E-state index >= 15 is 0 Å². The van der Waals surface area contributed by atoms with E-state index in [0.717, 1.165) is 45.0 Å². The lowest BCUT2D eigenvalue weighted by Crippen LogP contribution is -2.41. The van der Waals surface area contributed by atoms with E-state index in [0.29, 0.717) is 19.2 Å². The molecule has 2 unspecified atom stereocenters. The SMILES string of the molecule is CC(C)CCCOCC(O)CNC1CCCOC1. The van der Waals surface area contributed by atoms with Crippen molar-refractivity contribution in [1.82, 2.24) is 5.32 Å². The molecule has 0 aromatic heterocycles. The van der Waals surface area contributed by atoms with Crippen LogP contribution in [0.5, 0.6) is 0 Å². The molecule has 0 saturated carbocycles. The minimum Gasteiger partial charge on any atom is -0.389 e. The van der Waals surface area contributed by atoms with E-state index in [4.69, 9.17) is 9.47 Å². The Labute approximate surface area is 111 Å². The van der Waals surface area contributed by atoms with Gasteiger partial charge < -0.3 is 19.9 Å². The Balaban J connectivity index is 1.91. The van der Waals surface area contributed by atoms with Gasteiger partial charge in [0.25, 0.3) is 0 Å².